The van der Waals surface area contributed by atoms with Gasteiger partial charge < -0.3 is 19.0 Å². The fourth-order valence-corrected chi connectivity index (χ4v) is 4.19. The molecule has 174 valence electrons. The van der Waals surface area contributed by atoms with Gasteiger partial charge in [-0.1, -0.05) is 30.7 Å². The monoisotopic (exact) mass is 490 g/mol. The van der Waals surface area contributed by atoms with E-state index in [1.807, 2.05) is 6.92 Å². The highest BCUT2D eigenvalue weighted by atomic mass is 35.5. The lowest BCUT2D eigenvalue weighted by Gasteiger charge is -2.26. The Morgan fingerprint density at radius 3 is 2.52 bits per heavy atom. The van der Waals surface area contributed by atoms with E-state index in [1.165, 1.54) is 0 Å². The first kappa shape index (κ1) is 24.6. The van der Waals surface area contributed by atoms with Crippen molar-refractivity contribution in [2.24, 2.45) is 0 Å². The molecule has 0 fully saturated rings. The Labute approximate surface area is 197 Å². The van der Waals surface area contributed by atoms with Crippen molar-refractivity contribution in [1.29, 1.82) is 5.26 Å². The number of halogens is 1. The average molecular weight is 491 g/mol. The first-order valence-electron chi connectivity index (χ1n) is 10.0. The molecule has 0 saturated carbocycles. The van der Waals surface area contributed by atoms with Gasteiger partial charge in [0.2, 0.25) is 0 Å². The number of oxazole rings is 1. The molecule has 0 amide bonds. The fraction of sp³-hybridized carbons (Fsp3) is 0.304. The minimum atomic E-state index is -3.53. The van der Waals surface area contributed by atoms with Gasteiger partial charge in [-0.2, -0.15) is 5.26 Å². The molecule has 0 unspecified atom stereocenters. The van der Waals surface area contributed by atoms with Crippen LogP contribution in [0.3, 0.4) is 0 Å². The van der Waals surface area contributed by atoms with Crippen LogP contribution in [0.4, 0.5) is 0 Å². The maximum atomic E-state index is 11.7. The van der Waals surface area contributed by atoms with E-state index in [0.717, 1.165) is 19.1 Å². The molecule has 33 heavy (non-hydrogen) atoms. The SMILES string of the molecule is CCCOc1c(Cl)cc([C@](C)(O)c2ccc(OCc3ocnc3S(C)(=O)=O)cc2)cc1C#N. The summed E-state index contributed by atoms with van der Waals surface area (Å²) in [6.07, 6.45) is 2.85. The number of nitrogens with zero attached hydrogens (tertiary/aromatic N) is 2. The molecule has 0 aliphatic carbocycles. The fourth-order valence-electron chi connectivity index (χ4n) is 3.16. The molecule has 10 heteroatoms. The summed E-state index contributed by atoms with van der Waals surface area (Å²) < 4.78 is 39.7. The molecule has 1 atom stereocenters. The number of aliphatic hydroxyl groups is 1. The second-order valence-electron chi connectivity index (χ2n) is 7.53. The van der Waals surface area contributed by atoms with Crippen LogP contribution < -0.4 is 9.47 Å². The van der Waals surface area contributed by atoms with E-state index in [4.69, 9.17) is 25.5 Å². The van der Waals surface area contributed by atoms with Crippen molar-refractivity contribution in [3.8, 4) is 17.6 Å². The smallest absolute Gasteiger partial charge is 0.200 e. The number of ether oxygens (including phenoxy) is 2. The van der Waals surface area contributed by atoms with E-state index in [2.05, 4.69) is 11.1 Å². The number of nitriles is 1. The van der Waals surface area contributed by atoms with Crippen molar-refractivity contribution < 1.29 is 27.4 Å². The van der Waals surface area contributed by atoms with E-state index in [-0.39, 0.29) is 28.0 Å². The van der Waals surface area contributed by atoms with Crippen molar-refractivity contribution in [3.05, 3.63) is 70.3 Å². The molecule has 3 aromatic rings. The summed E-state index contributed by atoms with van der Waals surface area (Å²) >= 11 is 6.34. The van der Waals surface area contributed by atoms with Gasteiger partial charge in [0.15, 0.2) is 32.8 Å². The summed E-state index contributed by atoms with van der Waals surface area (Å²) in [4.78, 5) is 3.71. The maximum absolute atomic E-state index is 11.7. The van der Waals surface area contributed by atoms with Gasteiger partial charge in [0.1, 0.15) is 24.0 Å². The summed E-state index contributed by atoms with van der Waals surface area (Å²) in [5, 5.41) is 20.8. The van der Waals surface area contributed by atoms with Crippen molar-refractivity contribution in [2.75, 3.05) is 12.9 Å². The van der Waals surface area contributed by atoms with Gasteiger partial charge in [-0.3, -0.25) is 0 Å². The van der Waals surface area contributed by atoms with Gasteiger partial charge in [-0.05, 0) is 48.7 Å². The highest BCUT2D eigenvalue weighted by Gasteiger charge is 2.28. The largest absolute Gasteiger partial charge is 0.491 e. The predicted molar refractivity (Wildman–Crippen MR) is 121 cm³/mol. The van der Waals surface area contributed by atoms with Crippen molar-refractivity contribution in [3.63, 3.8) is 0 Å². The molecule has 0 aliphatic heterocycles. The maximum Gasteiger partial charge on any atom is 0.200 e. The molecular weight excluding hydrogens is 468 g/mol. The molecule has 8 nitrogen and oxygen atoms in total. The topological polar surface area (TPSA) is 123 Å². The van der Waals surface area contributed by atoms with Crippen LogP contribution in [-0.4, -0.2) is 31.4 Å². The Morgan fingerprint density at radius 2 is 1.91 bits per heavy atom. The van der Waals surface area contributed by atoms with Gasteiger partial charge in [0, 0.05) is 6.26 Å². The van der Waals surface area contributed by atoms with Crippen molar-refractivity contribution in [2.45, 2.75) is 37.5 Å². The molecule has 0 bridgehead atoms. The first-order valence-corrected chi connectivity index (χ1v) is 12.3. The quantitative estimate of drug-likeness (QED) is 0.472. The number of benzene rings is 2. The second-order valence-corrected chi connectivity index (χ2v) is 9.87. The van der Waals surface area contributed by atoms with E-state index in [1.54, 1.807) is 43.3 Å². The standard InChI is InChI=1S/C23H23ClN2O6S/c1-4-9-30-21-15(12-25)10-17(11-19(21)24)23(2,27)16-5-7-18(8-6-16)31-13-20-22(26-14-32-20)33(3,28)29/h5-8,10-11,14,27H,4,9,13H2,1-3H3/t23-/m1/s1. The Kier molecular flexibility index (Phi) is 7.32. The number of hydrogen-bond donors (Lipinski definition) is 1. The van der Waals surface area contributed by atoms with Crippen molar-refractivity contribution >= 4 is 21.4 Å². The molecule has 0 radical (unpaired) electrons. The average Bonchev–Trinajstić information content (AvgIpc) is 3.26. The van der Waals surface area contributed by atoms with Crippen molar-refractivity contribution in [1.82, 2.24) is 4.98 Å². The Hall–Kier alpha value is -3.06. The van der Waals surface area contributed by atoms with Crippen LogP contribution in [0, 0.1) is 11.3 Å². The summed E-state index contributed by atoms with van der Waals surface area (Å²) in [5.41, 5.74) is -0.250. The summed E-state index contributed by atoms with van der Waals surface area (Å²) in [5.74, 6) is 0.826. The third-order valence-electron chi connectivity index (χ3n) is 4.92. The minimum Gasteiger partial charge on any atom is -0.491 e. The van der Waals surface area contributed by atoms with Crippen LogP contribution in [0.1, 0.15) is 42.7 Å². The van der Waals surface area contributed by atoms with Crippen LogP contribution in [-0.2, 0) is 22.0 Å². The van der Waals surface area contributed by atoms with Crippen LogP contribution in [0.5, 0.6) is 11.5 Å². The van der Waals surface area contributed by atoms with E-state index in [9.17, 15) is 18.8 Å². The Bertz CT molecular complexity index is 1280. The molecular formula is C23H23ClN2O6S. The number of rotatable bonds is 9. The zero-order chi connectivity index (χ0) is 24.2. The van der Waals surface area contributed by atoms with Gasteiger partial charge in [0.25, 0.3) is 0 Å². The lowest BCUT2D eigenvalue weighted by molar-refractivity contribution is 0.102. The zero-order valence-electron chi connectivity index (χ0n) is 18.3. The Morgan fingerprint density at radius 1 is 1.21 bits per heavy atom. The Balaban J connectivity index is 1.81. The molecule has 0 saturated heterocycles. The predicted octanol–water partition coefficient (Wildman–Crippen LogP) is 4.23. The first-order chi connectivity index (χ1) is 15.6. The van der Waals surface area contributed by atoms with Gasteiger partial charge in [-0.25, -0.2) is 13.4 Å². The molecule has 1 heterocycles. The van der Waals surface area contributed by atoms with E-state index >= 15 is 0 Å². The van der Waals surface area contributed by atoms with Gasteiger partial charge in [0.05, 0.1) is 17.2 Å². The lowest BCUT2D eigenvalue weighted by atomic mass is 9.87. The van der Waals surface area contributed by atoms with Crippen LogP contribution >= 0.6 is 11.6 Å². The molecule has 2 aromatic carbocycles. The van der Waals surface area contributed by atoms with Gasteiger partial charge >= 0.3 is 0 Å². The van der Waals surface area contributed by atoms with E-state index < -0.39 is 15.4 Å². The van der Waals surface area contributed by atoms with Crippen LogP contribution in [0.2, 0.25) is 5.02 Å². The van der Waals surface area contributed by atoms with Crippen LogP contribution in [0.25, 0.3) is 0 Å². The van der Waals surface area contributed by atoms with Gasteiger partial charge in [-0.15, -0.1) is 0 Å². The molecule has 1 aromatic heterocycles. The van der Waals surface area contributed by atoms with Crippen LogP contribution in [0.15, 0.2) is 52.2 Å². The molecule has 3 rings (SSSR count). The summed E-state index contributed by atoms with van der Waals surface area (Å²) in [7, 11) is -3.53. The normalized spacial score (nSPS) is 13.2. The number of hydrogen-bond acceptors (Lipinski definition) is 8. The molecule has 0 spiro atoms. The highest BCUT2D eigenvalue weighted by Crippen LogP contribution is 2.37. The molecule has 1 N–H and O–H groups in total. The molecule has 0 aliphatic rings. The summed E-state index contributed by atoms with van der Waals surface area (Å²) in [6, 6.07) is 11.8. The third kappa shape index (κ3) is 5.47. The highest BCUT2D eigenvalue weighted by molar-refractivity contribution is 7.90. The third-order valence-corrected chi connectivity index (χ3v) is 6.23. The zero-order valence-corrected chi connectivity index (χ0v) is 19.9. The second kappa shape index (κ2) is 9.83. The number of aromatic nitrogens is 1. The minimum absolute atomic E-state index is 0.0950. The summed E-state index contributed by atoms with van der Waals surface area (Å²) in [6.45, 7) is 3.83. The van der Waals surface area contributed by atoms with E-state index in [0.29, 0.717) is 29.2 Å². The lowest BCUT2D eigenvalue weighted by Crippen LogP contribution is -2.23. The number of sulfone groups is 1.